The fourth-order valence-corrected chi connectivity index (χ4v) is 2.10. The van der Waals surface area contributed by atoms with Crippen LogP contribution in [0, 0.1) is 5.92 Å². The van der Waals surface area contributed by atoms with Crippen molar-refractivity contribution in [1.29, 1.82) is 0 Å². The van der Waals surface area contributed by atoms with Crippen LogP contribution < -0.4 is 4.90 Å². The van der Waals surface area contributed by atoms with Crippen LogP contribution in [-0.2, 0) is 4.79 Å². The second-order valence-corrected chi connectivity index (χ2v) is 4.90. The largest absolute Gasteiger partial charge is 0.333 e. The van der Waals surface area contributed by atoms with Gasteiger partial charge in [0, 0.05) is 13.2 Å². The molecule has 0 spiro atoms. The number of hydrogen-bond donors (Lipinski definition) is 0. The Balaban J connectivity index is 2.29. The molecule has 1 atom stereocenters. The zero-order valence-electron chi connectivity index (χ0n) is 10.8. The number of hydrogen-bond acceptors (Lipinski definition) is 3. The number of likely N-dealkylation sites (N-methyl/N-ethyl adjacent to an activating group) is 1. The van der Waals surface area contributed by atoms with Gasteiger partial charge in [0.25, 0.3) is 5.91 Å². The predicted molar refractivity (Wildman–Crippen MR) is 68.1 cm³/mol. The van der Waals surface area contributed by atoms with Crippen molar-refractivity contribution >= 4 is 17.8 Å². The molecule has 0 saturated carbocycles. The maximum absolute atomic E-state index is 12.3. The Morgan fingerprint density at radius 1 is 1.33 bits per heavy atom. The normalized spacial score (nSPS) is 20.1. The number of imide groups is 1. The topological polar surface area (TPSA) is 53.5 Å². The van der Waals surface area contributed by atoms with Gasteiger partial charge in [-0.05, 0) is 24.5 Å². The maximum atomic E-state index is 12.3. The van der Waals surface area contributed by atoms with Gasteiger partial charge in [-0.3, -0.25) is 4.79 Å². The summed E-state index contributed by atoms with van der Waals surface area (Å²) in [6.45, 7) is 4.07. The number of carbonyl (C=O) groups excluding carboxylic acids is 2. The van der Waals surface area contributed by atoms with E-state index in [9.17, 15) is 9.59 Å². The highest BCUT2D eigenvalue weighted by atomic mass is 16.2. The van der Waals surface area contributed by atoms with Crippen LogP contribution >= 0.6 is 0 Å². The fraction of sp³-hybridized carbons (Fsp3) is 0.462. The number of anilines is 1. The molecule has 2 rings (SSSR count). The highest BCUT2D eigenvalue weighted by molar-refractivity contribution is 6.20. The third-order valence-corrected chi connectivity index (χ3v) is 3.04. The Morgan fingerprint density at radius 3 is 2.61 bits per heavy atom. The molecule has 0 N–H and O–H groups in total. The molecule has 2 heterocycles. The van der Waals surface area contributed by atoms with E-state index < -0.39 is 0 Å². The van der Waals surface area contributed by atoms with E-state index in [4.69, 9.17) is 0 Å². The molecule has 1 aromatic heterocycles. The molecule has 18 heavy (non-hydrogen) atoms. The Hall–Kier alpha value is -1.91. The highest BCUT2D eigenvalue weighted by Gasteiger charge is 2.44. The van der Waals surface area contributed by atoms with Crippen LogP contribution in [0.25, 0.3) is 0 Å². The minimum atomic E-state index is -0.375. The summed E-state index contributed by atoms with van der Waals surface area (Å²) < 4.78 is 0. The van der Waals surface area contributed by atoms with E-state index in [0.717, 1.165) is 4.90 Å². The molecule has 1 fully saturated rings. The molecule has 1 aliphatic rings. The van der Waals surface area contributed by atoms with Gasteiger partial charge in [-0.2, -0.15) is 0 Å². The van der Waals surface area contributed by atoms with E-state index in [0.29, 0.717) is 18.2 Å². The van der Waals surface area contributed by atoms with Crippen LogP contribution in [0.15, 0.2) is 24.4 Å². The molecule has 5 heteroatoms. The lowest BCUT2D eigenvalue weighted by Gasteiger charge is -2.17. The SMILES string of the molecule is CC(C)C[C@H]1C(=O)N(c2ccccn2)C(=O)N1C. The Bertz CT molecular complexity index is 459. The summed E-state index contributed by atoms with van der Waals surface area (Å²) >= 11 is 0. The zero-order chi connectivity index (χ0) is 13.3. The molecule has 1 aliphatic heterocycles. The van der Waals surface area contributed by atoms with Gasteiger partial charge in [0.05, 0.1) is 0 Å². The standard InChI is InChI=1S/C13H17N3O2/c1-9(2)8-10-12(17)16(13(18)15(10)3)11-6-4-5-7-14-11/h4-7,9-10H,8H2,1-3H3/t10-/m0/s1. The number of pyridine rings is 1. The monoisotopic (exact) mass is 247 g/mol. The smallest absolute Gasteiger partial charge is 0.315 e. The molecule has 3 amide bonds. The molecule has 0 bridgehead atoms. The van der Waals surface area contributed by atoms with Crippen LogP contribution in [-0.4, -0.2) is 34.9 Å². The maximum Gasteiger partial charge on any atom is 0.333 e. The van der Waals surface area contributed by atoms with Crippen molar-refractivity contribution in [2.75, 3.05) is 11.9 Å². The van der Waals surface area contributed by atoms with Crippen molar-refractivity contribution in [1.82, 2.24) is 9.88 Å². The molecular weight excluding hydrogens is 230 g/mol. The predicted octanol–water partition coefficient (Wildman–Crippen LogP) is 1.89. The summed E-state index contributed by atoms with van der Waals surface area (Å²) in [5.74, 6) is 0.568. The number of rotatable bonds is 3. The van der Waals surface area contributed by atoms with E-state index in [1.54, 1.807) is 31.4 Å². The molecule has 96 valence electrons. The second kappa shape index (κ2) is 4.76. The molecule has 0 aromatic carbocycles. The van der Waals surface area contributed by atoms with Crippen LogP contribution in [0.3, 0.4) is 0 Å². The summed E-state index contributed by atoms with van der Waals surface area (Å²) in [5.41, 5.74) is 0. The number of carbonyl (C=O) groups is 2. The molecule has 5 nitrogen and oxygen atoms in total. The lowest BCUT2D eigenvalue weighted by molar-refractivity contribution is -0.119. The molecule has 0 unspecified atom stereocenters. The minimum absolute atomic E-state index is 0.185. The summed E-state index contributed by atoms with van der Waals surface area (Å²) in [7, 11) is 1.66. The van der Waals surface area contributed by atoms with Crippen LogP contribution in [0.1, 0.15) is 20.3 Å². The zero-order valence-corrected chi connectivity index (χ0v) is 10.8. The molecule has 1 saturated heterocycles. The lowest BCUT2D eigenvalue weighted by Crippen LogP contribution is -2.32. The quantitative estimate of drug-likeness (QED) is 0.766. The van der Waals surface area contributed by atoms with Crippen molar-refractivity contribution < 1.29 is 9.59 Å². The van der Waals surface area contributed by atoms with Gasteiger partial charge in [0.15, 0.2) is 0 Å². The van der Waals surface area contributed by atoms with Crippen LogP contribution in [0.4, 0.5) is 10.6 Å². The van der Waals surface area contributed by atoms with Crippen molar-refractivity contribution in [3.63, 3.8) is 0 Å². The van der Waals surface area contributed by atoms with Gasteiger partial charge in [0.2, 0.25) is 0 Å². The summed E-state index contributed by atoms with van der Waals surface area (Å²) in [6, 6.07) is 4.51. The third-order valence-electron chi connectivity index (χ3n) is 3.04. The average molecular weight is 247 g/mol. The summed E-state index contributed by atoms with van der Waals surface area (Å²) in [6.07, 6.45) is 2.25. The number of amides is 3. The molecule has 0 radical (unpaired) electrons. The Kier molecular flexibility index (Phi) is 3.32. The molecule has 0 aliphatic carbocycles. The second-order valence-electron chi connectivity index (χ2n) is 4.90. The number of nitrogens with zero attached hydrogens (tertiary/aromatic N) is 3. The first-order valence-corrected chi connectivity index (χ1v) is 6.04. The van der Waals surface area contributed by atoms with Gasteiger partial charge < -0.3 is 4.90 Å². The van der Waals surface area contributed by atoms with Gasteiger partial charge in [-0.1, -0.05) is 19.9 Å². The molecular formula is C13H17N3O2. The highest BCUT2D eigenvalue weighted by Crippen LogP contribution is 2.25. The van der Waals surface area contributed by atoms with E-state index >= 15 is 0 Å². The van der Waals surface area contributed by atoms with Crippen LogP contribution in [0.5, 0.6) is 0 Å². The number of urea groups is 1. The number of aromatic nitrogens is 1. The van der Waals surface area contributed by atoms with Gasteiger partial charge in [-0.15, -0.1) is 0 Å². The van der Waals surface area contributed by atoms with Crippen molar-refractivity contribution in [2.24, 2.45) is 5.92 Å². The van der Waals surface area contributed by atoms with Crippen molar-refractivity contribution in [3.05, 3.63) is 24.4 Å². The average Bonchev–Trinajstić information content (AvgIpc) is 2.54. The van der Waals surface area contributed by atoms with Gasteiger partial charge >= 0.3 is 6.03 Å². The van der Waals surface area contributed by atoms with Crippen LogP contribution in [0.2, 0.25) is 0 Å². The summed E-state index contributed by atoms with van der Waals surface area (Å²) in [4.78, 5) is 31.1. The first kappa shape index (κ1) is 12.5. The first-order valence-electron chi connectivity index (χ1n) is 6.04. The Morgan fingerprint density at radius 2 is 2.06 bits per heavy atom. The van der Waals surface area contributed by atoms with Crippen molar-refractivity contribution in [2.45, 2.75) is 26.3 Å². The van der Waals surface area contributed by atoms with Gasteiger partial charge in [0.1, 0.15) is 11.9 Å². The Labute approximate surface area is 106 Å². The third kappa shape index (κ3) is 2.08. The van der Waals surface area contributed by atoms with Gasteiger partial charge in [-0.25, -0.2) is 14.7 Å². The lowest BCUT2D eigenvalue weighted by atomic mass is 10.0. The van der Waals surface area contributed by atoms with E-state index in [1.165, 1.54) is 4.90 Å². The molecule has 1 aromatic rings. The van der Waals surface area contributed by atoms with E-state index in [1.807, 2.05) is 13.8 Å². The van der Waals surface area contributed by atoms with Crippen molar-refractivity contribution in [3.8, 4) is 0 Å². The van der Waals surface area contributed by atoms with E-state index in [2.05, 4.69) is 4.98 Å². The fourth-order valence-electron chi connectivity index (χ4n) is 2.10. The van der Waals surface area contributed by atoms with E-state index in [-0.39, 0.29) is 18.0 Å². The summed E-state index contributed by atoms with van der Waals surface area (Å²) in [5, 5.41) is 0. The first-order chi connectivity index (χ1) is 8.52. The minimum Gasteiger partial charge on any atom is -0.315 e.